The fourth-order valence-electron chi connectivity index (χ4n) is 3.43. The van der Waals surface area contributed by atoms with Crippen LogP contribution in [-0.2, 0) is 20.7 Å². The highest BCUT2D eigenvalue weighted by molar-refractivity contribution is 6.31. The fourth-order valence-corrected chi connectivity index (χ4v) is 3.66. The number of rotatable bonds is 8. The molecule has 7 nitrogen and oxygen atoms in total. The Morgan fingerprint density at radius 2 is 1.77 bits per heavy atom. The predicted molar refractivity (Wildman–Crippen MR) is 121 cm³/mol. The number of halogens is 1. The van der Waals surface area contributed by atoms with Gasteiger partial charge in [0.2, 0.25) is 11.8 Å². The topological polar surface area (TPSA) is 87.7 Å². The Balaban J connectivity index is 1.59. The summed E-state index contributed by atoms with van der Waals surface area (Å²) in [5.41, 5.74) is 0.423. The molecule has 2 N–H and O–H groups in total. The standard InChI is InChI=1S/C23H34ClN3O4/c1-23(2,3)31-22(30)25-13-10-21(29)27-14-11-17(12-15-27)16-26-20(28)9-8-18-6-4-5-7-19(18)24/h4-7,17H,8-16H2,1-3H3,(H,25,30)(H,26,28). The third-order valence-corrected chi connectivity index (χ3v) is 5.51. The Morgan fingerprint density at radius 3 is 2.42 bits per heavy atom. The van der Waals surface area contributed by atoms with Crippen molar-refractivity contribution >= 4 is 29.5 Å². The zero-order valence-corrected chi connectivity index (χ0v) is 19.5. The normalized spacial score (nSPS) is 14.8. The SMILES string of the molecule is CC(C)(C)OC(=O)NCCC(=O)N1CCC(CNC(=O)CCc2ccccc2Cl)CC1. The first-order valence-electron chi connectivity index (χ1n) is 10.9. The molecule has 0 aliphatic carbocycles. The van der Waals surface area contributed by atoms with Gasteiger partial charge in [-0.2, -0.15) is 0 Å². The number of carbonyl (C=O) groups excluding carboxylic acids is 3. The zero-order valence-electron chi connectivity index (χ0n) is 18.7. The van der Waals surface area contributed by atoms with Crippen molar-refractivity contribution in [3.05, 3.63) is 34.9 Å². The molecule has 0 unspecified atom stereocenters. The monoisotopic (exact) mass is 451 g/mol. The molecule has 1 aromatic rings. The van der Waals surface area contributed by atoms with Gasteiger partial charge in [-0.05, 0) is 57.6 Å². The van der Waals surface area contributed by atoms with E-state index in [2.05, 4.69) is 10.6 Å². The maximum Gasteiger partial charge on any atom is 0.407 e. The van der Waals surface area contributed by atoms with E-state index in [0.29, 0.717) is 43.4 Å². The van der Waals surface area contributed by atoms with Gasteiger partial charge in [0.15, 0.2) is 0 Å². The van der Waals surface area contributed by atoms with Gasteiger partial charge < -0.3 is 20.3 Å². The average Bonchev–Trinajstić information content (AvgIpc) is 2.70. The molecule has 1 saturated heterocycles. The summed E-state index contributed by atoms with van der Waals surface area (Å²) >= 11 is 6.13. The maximum atomic E-state index is 12.3. The van der Waals surface area contributed by atoms with Crippen LogP contribution in [0.4, 0.5) is 4.79 Å². The highest BCUT2D eigenvalue weighted by atomic mass is 35.5. The Hall–Kier alpha value is -2.28. The Labute approximate surface area is 189 Å². The lowest BCUT2D eigenvalue weighted by Crippen LogP contribution is -2.42. The molecule has 0 spiro atoms. The van der Waals surface area contributed by atoms with Crippen LogP contribution >= 0.6 is 11.6 Å². The number of carbonyl (C=O) groups is 3. The highest BCUT2D eigenvalue weighted by Gasteiger charge is 2.23. The number of piperidine rings is 1. The quantitative estimate of drug-likeness (QED) is 0.632. The maximum absolute atomic E-state index is 12.3. The van der Waals surface area contributed by atoms with Gasteiger partial charge in [-0.15, -0.1) is 0 Å². The second-order valence-corrected chi connectivity index (χ2v) is 9.31. The largest absolute Gasteiger partial charge is 0.444 e. The number of hydrogen-bond acceptors (Lipinski definition) is 4. The molecule has 3 amide bonds. The third kappa shape index (κ3) is 9.59. The van der Waals surface area contributed by atoms with Gasteiger partial charge in [-0.1, -0.05) is 29.8 Å². The van der Waals surface area contributed by atoms with Gasteiger partial charge in [0.05, 0.1) is 0 Å². The van der Waals surface area contributed by atoms with Crippen molar-refractivity contribution in [2.75, 3.05) is 26.2 Å². The van der Waals surface area contributed by atoms with E-state index in [9.17, 15) is 14.4 Å². The second kappa shape index (κ2) is 11.9. The number of amides is 3. The number of ether oxygens (including phenoxy) is 1. The van der Waals surface area contributed by atoms with E-state index >= 15 is 0 Å². The van der Waals surface area contributed by atoms with Crippen LogP contribution in [0.2, 0.25) is 5.02 Å². The molecule has 0 atom stereocenters. The van der Waals surface area contributed by atoms with E-state index in [1.54, 1.807) is 20.8 Å². The van der Waals surface area contributed by atoms with Gasteiger partial charge in [-0.3, -0.25) is 9.59 Å². The summed E-state index contributed by atoms with van der Waals surface area (Å²) in [5, 5.41) is 6.31. The van der Waals surface area contributed by atoms with Crippen molar-refractivity contribution in [1.29, 1.82) is 0 Å². The van der Waals surface area contributed by atoms with E-state index in [-0.39, 0.29) is 24.8 Å². The molecule has 31 heavy (non-hydrogen) atoms. The fraction of sp³-hybridized carbons (Fsp3) is 0.609. The molecule has 0 aromatic heterocycles. The van der Waals surface area contributed by atoms with Crippen molar-refractivity contribution < 1.29 is 19.1 Å². The van der Waals surface area contributed by atoms with Crippen LogP contribution in [0, 0.1) is 5.92 Å². The predicted octanol–water partition coefficient (Wildman–Crippen LogP) is 3.54. The first kappa shape index (κ1) is 25.0. The number of likely N-dealkylation sites (tertiary alicyclic amines) is 1. The summed E-state index contributed by atoms with van der Waals surface area (Å²) in [6.45, 7) is 7.62. The first-order chi connectivity index (χ1) is 14.6. The van der Waals surface area contributed by atoms with Gasteiger partial charge >= 0.3 is 6.09 Å². The van der Waals surface area contributed by atoms with Crippen LogP contribution in [-0.4, -0.2) is 54.6 Å². The summed E-state index contributed by atoms with van der Waals surface area (Å²) in [6.07, 6.45) is 2.49. The molecule has 0 saturated carbocycles. The van der Waals surface area contributed by atoms with Gasteiger partial charge in [0.25, 0.3) is 0 Å². The molecule has 8 heteroatoms. The molecule has 0 radical (unpaired) electrons. The lowest BCUT2D eigenvalue weighted by Gasteiger charge is -2.32. The van der Waals surface area contributed by atoms with Crippen LogP contribution < -0.4 is 10.6 Å². The summed E-state index contributed by atoms with van der Waals surface area (Å²) in [5.74, 6) is 0.415. The first-order valence-corrected chi connectivity index (χ1v) is 11.3. The number of hydrogen-bond donors (Lipinski definition) is 2. The average molecular weight is 452 g/mol. The van der Waals surface area contributed by atoms with E-state index in [1.165, 1.54) is 0 Å². The minimum Gasteiger partial charge on any atom is -0.444 e. The van der Waals surface area contributed by atoms with E-state index in [0.717, 1.165) is 18.4 Å². The van der Waals surface area contributed by atoms with Gasteiger partial charge in [0.1, 0.15) is 5.60 Å². The van der Waals surface area contributed by atoms with Gasteiger partial charge in [0, 0.05) is 44.0 Å². The smallest absolute Gasteiger partial charge is 0.407 e. The number of nitrogens with zero attached hydrogens (tertiary/aromatic N) is 1. The van der Waals surface area contributed by atoms with E-state index in [1.807, 2.05) is 29.2 Å². The molecule has 1 fully saturated rings. The van der Waals surface area contributed by atoms with E-state index < -0.39 is 11.7 Å². The molecule has 1 heterocycles. The summed E-state index contributed by atoms with van der Waals surface area (Å²) in [6, 6.07) is 7.56. The number of aryl methyl sites for hydroxylation is 1. The van der Waals surface area contributed by atoms with Crippen molar-refractivity contribution in [3.63, 3.8) is 0 Å². The number of benzene rings is 1. The molecule has 1 aliphatic rings. The van der Waals surface area contributed by atoms with Crippen molar-refractivity contribution in [1.82, 2.24) is 15.5 Å². The Morgan fingerprint density at radius 1 is 1.10 bits per heavy atom. The summed E-state index contributed by atoms with van der Waals surface area (Å²) in [4.78, 5) is 37.9. The molecule has 172 valence electrons. The molecule has 1 aromatic carbocycles. The third-order valence-electron chi connectivity index (χ3n) is 5.14. The molecular formula is C23H34ClN3O4. The zero-order chi connectivity index (χ0) is 22.9. The number of alkyl carbamates (subject to hydrolysis) is 1. The van der Waals surface area contributed by atoms with Crippen LogP contribution in [0.3, 0.4) is 0 Å². The lowest BCUT2D eigenvalue weighted by atomic mass is 9.96. The van der Waals surface area contributed by atoms with Crippen LogP contribution in [0.1, 0.15) is 52.0 Å². The van der Waals surface area contributed by atoms with Crippen LogP contribution in [0.15, 0.2) is 24.3 Å². The molecule has 1 aliphatic heterocycles. The Kier molecular flexibility index (Phi) is 9.62. The lowest BCUT2D eigenvalue weighted by molar-refractivity contribution is -0.132. The molecular weight excluding hydrogens is 418 g/mol. The molecule has 2 rings (SSSR count). The summed E-state index contributed by atoms with van der Waals surface area (Å²) < 4.78 is 5.16. The second-order valence-electron chi connectivity index (χ2n) is 8.90. The summed E-state index contributed by atoms with van der Waals surface area (Å²) in [7, 11) is 0. The number of nitrogens with one attached hydrogen (secondary N) is 2. The van der Waals surface area contributed by atoms with Crippen molar-refractivity contribution in [3.8, 4) is 0 Å². The minimum atomic E-state index is -0.556. The van der Waals surface area contributed by atoms with Crippen molar-refractivity contribution in [2.45, 2.75) is 58.5 Å². The van der Waals surface area contributed by atoms with E-state index in [4.69, 9.17) is 16.3 Å². The minimum absolute atomic E-state index is 0.0200. The van der Waals surface area contributed by atoms with Crippen LogP contribution in [0.5, 0.6) is 0 Å². The van der Waals surface area contributed by atoms with Crippen molar-refractivity contribution in [2.24, 2.45) is 5.92 Å². The van der Waals surface area contributed by atoms with Gasteiger partial charge in [-0.25, -0.2) is 4.79 Å². The molecule has 0 bridgehead atoms. The Bertz CT molecular complexity index is 755. The highest BCUT2D eigenvalue weighted by Crippen LogP contribution is 2.18. The van der Waals surface area contributed by atoms with Crippen LogP contribution in [0.25, 0.3) is 0 Å².